The average molecular weight is 782 g/mol. The number of carboxylic acid groups (broad SMARTS) is 1. The highest BCUT2D eigenvalue weighted by Gasteiger charge is 2.70. The molecule has 4 saturated carbocycles. The van der Waals surface area contributed by atoms with E-state index < -0.39 is 17.4 Å². The molecule has 0 unspecified atom stereocenters. The lowest BCUT2D eigenvalue weighted by atomic mass is 9.33. The van der Waals surface area contributed by atoms with E-state index in [4.69, 9.17) is 32.4 Å². The Kier molecular flexibility index (Phi) is 9.64. The molecule has 5 aliphatic carbocycles. The zero-order chi connectivity index (χ0) is 39.4. The first-order valence-corrected chi connectivity index (χ1v) is 20.8. The largest absolute Gasteiger partial charge is 0.481 e. The van der Waals surface area contributed by atoms with E-state index in [0.717, 1.165) is 56.9 Å². The van der Waals surface area contributed by atoms with Crippen molar-refractivity contribution in [2.75, 3.05) is 0 Å². The van der Waals surface area contributed by atoms with Crippen LogP contribution in [0.15, 0.2) is 33.8 Å². The van der Waals surface area contributed by atoms with Crippen molar-refractivity contribution in [1.29, 1.82) is 0 Å². The first-order valence-electron chi connectivity index (χ1n) is 20.1. The Morgan fingerprint density at radius 3 is 2.35 bits per heavy atom. The van der Waals surface area contributed by atoms with Crippen LogP contribution in [-0.2, 0) is 25.5 Å². The van der Waals surface area contributed by atoms with Gasteiger partial charge in [0.1, 0.15) is 6.10 Å². The number of hydrogen-bond donors (Lipinski definition) is 1. The van der Waals surface area contributed by atoms with Crippen LogP contribution in [-0.4, -0.2) is 39.1 Å². The quantitative estimate of drug-likeness (QED) is 0.263. The van der Waals surface area contributed by atoms with E-state index in [0.29, 0.717) is 52.1 Å². The summed E-state index contributed by atoms with van der Waals surface area (Å²) in [6.45, 7) is 19.7. The van der Waals surface area contributed by atoms with Crippen molar-refractivity contribution in [2.24, 2.45) is 56.2 Å². The Balaban J connectivity index is 1.18. The topological polar surface area (TPSA) is 120 Å². The van der Waals surface area contributed by atoms with Crippen LogP contribution in [0.4, 0.5) is 0 Å². The van der Waals surface area contributed by atoms with Gasteiger partial charge in [-0.25, -0.2) is 0 Å². The van der Waals surface area contributed by atoms with Gasteiger partial charge in [0.2, 0.25) is 11.8 Å². The van der Waals surface area contributed by atoms with Crippen LogP contribution in [0.3, 0.4) is 0 Å². The van der Waals surface area contributed by atoms with Gasteiger partial charge in [-0.05, 0) is 129 Å². The van der Waals surface area contributed by atoms with E-state index in [1.165, 1.54) is 5.57 Å². The Bertz CT molecular complexity index is 1910. The van der Waals surface area contributed by atoms with Gasteiger partial charge in [0.15, 0.2) is 5.78 Å². The number of carboxylic acids is 1. The van der Waals surface area contributed by atoms with Crippen LogP contribution in [0, 0.1) is 56.2 Å². The molecule has 4 fully saturated rings. The number of fused-ring (bicyclic) bond motifs is 7. The summed E-state index contributed by atoms with van der Waals surface area (Å²) in [7, 11) is 0. The first kappa shape index (κ1) is 39.5. The van der Waals surface area contributed by atoms with Crippen LogP contribution < -0.4 is 0 Å². The third kappa shape index (κ3) is 5.92. The fraction of sp³-hybridized carbons (Fsp3) is 0.705. The second-order valence-electron chi connectivity index (χ2n) is 20.0. The van der Waals surface area contributed by atoms with Crippen LogP contribution in [0.5, 0.6) is 0 Å². The van der Waals surface area contributed by atoms with Gasteiger partial charge in [-0.2, -0.15) is 0 Å². The maximum atomic E-state index is 14.1. The Hall–Kier alpha value is -2.71. The number of carbonyl (C=O) groups excluding carboxylic acids is 2. The number of carbonyl (C=O) groups is 3. The van der Waals surface area contributed by atoms with Gasteiger partial charge < -0.3 is 14.3 Å². The second-order valence-corrected chi connectivity index (χ2v) is 20.8. The van der Waals surface area contributed by atoms with E-state index in [1.54, 1.807) is 32.0 Å². The molecule has 8 nitrogen and oxygen atoms in total. The van der Waals surface area contributed by atoms with Gasteiger partial charge in [0, 0.05) is 28.7 Å². The minimum Gasteiger partial charge on any atom is -0.481 e. The van der Waals surface area contributed by atoms with Crippen molar-refractivity contribution < 1.29 is 28.6 Å². The Labute approximate surface area is 330 Å². The average Bonchev–Trinajstić information content (AvgIpc) is 3.63. The maximum Gasteiger partial charge on any atom is 0.309 e. The van der Waals surface area contributed by atoms with Crippen molar-refractivity contribution >= 4 is 40.9 Å². The smallest absolute Gasteiger partial charge is 0.309 e. The number of halogens is 2. The van der Waals surface area contributed by atoms with Gasteiger partial charge in [-0.1, -0.05) is 77.2 Å². The van der Waals surface area contributed by atoms with Crippen LogP contribution >= 0.6 is 23.2 Å². The number of Topliss-reactive ketones (excluding diaryl/α,β-unsaturated/α-hetero) is 1. The van der Waals surface area contributed by atoms with E-state index in [-0.39, 0.29) is 57.2 Å². The SMILES string of the molecule is CC(C)C1=C2[C@H]3CC[C@@H]4[C@@]5(C)CC[C@H](OC(=O)CC(C)(C)C(=O)O)C(C)(C)[C@@H]5CC[C@@]4(C)[C@]3(C)CC[C@@]2(Cc2nnc(-c3ccc(Cl)cc3Cl)o2)CC1=O. The predicted octanol–water partition coefficient (Wildman–Crippen LogP) is 11.0. The van der Waals surface area contributed by atoms with Crippen LogP contribution in [0.25, 0.3) is 11.5 Å². The number of ether oxygens (including phenoxy) is 1. The summed E-state index contributed by atoms with van der Waals surface area (Å²) in [5, 5.41) is 19.5. The molecule has 0 bridgehead atoms. The molecule has 8 atom stereocenters. The molecule has 294 valence electrons. The monoisotopic (exact) mass is 780 g/mol. The number of ketones is 1. The summed E-state index contributed by atoms with van der Waals surface area (Å²) in [5.41, 5.74) is 1.39. The van der Waals surface area contributed by atoms with Gasteiger partial charge in [-0.15, -0.1) is 10.2 Å². The fourth-order valence-corrected chi connectivity index (χ4v) is 13.6. The van der Waals surface area contributed by atoms with E-state index in [2.05, 4.69) is 58.7 Å². The molecule has 1 heterocycles. The fourth-order valence-electron chi connectivity index (χ4n) is 13.2. The molecule has 1 aromatic carbocycles. The molecule has 10 heteroatoms. The Morgan fingerprint density at radius 1 is 0.963 bits per heavy atom. The number of rotatable bonds is 8. The highest BCUT2D eigenvalue weighted by atomic mass is 35.5. The normalized spacial score (nSPS) is 36.0. The summed E-state index contributed by atoms with van der Waals surface area (Å²) in [4.78, 5) is 39.0. The zero-order valence-electron chi connectivity index (χ0n) is 33.5. The Morgan fingerprint density at radius 2 is 1.69 bits per heavy atom. The molecule has 0 radical (unpaired) electrons. The highest BCUT2D eigenvalue weighted by Crippen LogP contribution is 2.77. The number of nitrogens with zero attached hydrogens (tertiary/aromatic N) is 2. The van der Waals surface area contributed by atoms with Crippen molar-refractivity contribution in [1.82, 2.24) is 10.2 Å². The lowest BCUT2D eigenvalue weighted by Gasteiger charge is -2.72. The summed E-state index contributed by atoms with van der Waals surface area (Å²) in [5.74, 6) is 1.02. The number of aliphatic carboxylic acids is 1. The molecule has 2 aromatic rings. The third-order valence-corrected chi connectivity index (χ3v) is 16.6. The summed E-state index contributed by atoms with van der Waals surface area (Å²) in [6.07, 6.45) is 8.58. The molecule has 0 spiro atoms. The molecule has 0 saturated heterocycles. The van der Waals surface area contributed by atoms with Crippen molar-refractivity contribution in [2.45, 2.75) is 139 Å². The zero-order valence-corrected chi connectivity index (χ0v) is 35.0. The van der Waals surface area contributed by atoms with Crippen LogP contribution in [0.2, 0.25) is 10.0 Å². The minimum atomic E-state index is -1.17. The second kappa shape index (κ2) is 13.2. The molecule has 0 aliphatic heterocycles. The molecule has 5 aliphatic rings. The van der Waals surface area contributed by atoms with Gasteiger partial charge in [0.05, 0.1) is 22.4 Å². The molecule has 1 N–H and O–H groups in total. The number of allylic oxidation sites excluding steroid dienone is 2. The highest BCUT2D eigenvalue weighted by molar-refractivity contribution is 6.36. The summed E-state index contributed by atoms with van der Waals surface area (Å²) >= 11 is 12.7. The van der Waals surface area contributed by atoms with Gasteiger partial charge in [-0.3, -0.25) is 14.4 Å². The number of aromatic nitrogens is 2. The van der Waals surface area contributed by atoms with Gasteiger partial charge in [0.25, 0.3) is 0 Å². The number of esters is 1. The molecule has 54 heavy (non-hydrogen) atoms. The van der Waals surface area contributed by atoms with E-state index >= 15 is 0 Å². The summed E-state index contributed by atoms with van der Waals surface area (Å²) in [6, 6.07) is 5.23. The van der Waals surface area contributed by atoms with Crippen LogP contribution in [0.1, 0.15) is 132 Å². The first-order chi connectivity index (χ1) is 25.1. The third-order valence-electron chi connectivity index (χ3n) is 16.1. The van der Waals surface area contributed by atoms with Crippen molar-refractivity contribution in [3.63, 3.8) is 0 Å². The predicted molar refractivity (Wildman–Crippen MR) is 209 cm³/mol. The van der Waals surface area contributed by atoms with E-state index in [9.17, 15) is 19.5 Å². The van der Waals surface area contributed by atoms with Gasteiger partial charge >= 0.3 is 11.9 Å². The summed E-state index contributed by atoms with van der Waals surface area (Å²) < 4.78 is 12.5. The molecular formula is C44H58Cl2N2O6. The lowest BCUT2D eigenvalue weighted by molar-refractivity contribution is -0.233. The van der Waals surface area contributed by atoms with E-state index in [1.807, 2.05) is 0 Å². The van der Waals surface area contributed by atoms with Crippen molar-refractivity contribution in [3.05, 3.63) is 45.3 Å². The molecule has 7 rings (SSSR count). The molecular weight excluding hydrogens is 723 g/mol. The molecule has 1 aromatic heterocycles. The number of benzene rings is 1. The number of hydrogen-bond acceptors (Lipinski definition) is 7. The molecule has 0 amide bonds. The standard InChI is InChI=1S/C44H58Cl2N2O6/c1-24(2)35-29(49)21-44(22-33-47-48-37(54-33)26-11-10-25(45)20-28(26)46)19-18-42(8)27(36(35)44)12-13-31-41(7)16-15-32(53-34(50)23-39(3,4)38(51)52)40(5,6)30(41)14-17-43(31,42)9/h10-11,20,24,27,30-32H,12-19,21-23H2,1-9H3,(H,51,52)/t27-,30+,31-,32+,41+,42-,43-,44+/m1/s1. The lowest BCUT2D eigenvalue weighted by Crippen LogP contribution is -2.65. The van der Waals surface area contributed by atoms with Crippen molar-refractivity contribution in [3.8, 4) is 11.5 Å². The minimum absolute atomic E-state index is 0.000196. The maximum absolute atomic E-state index is 14.1.